The maximum atomic E-state index is 13.5. The first-order valence-electron chi connectivity index (χ1n) is 6.35. The average Bonchev–Trinajstić information content (AvgIpc) is 2.47. The van der Waals surface area contributed by atoms with E-state index in [0.717, 1.165) is 12.1 Å². The number of nitriles is 1. The van der Waals surface area contributed by atoms with Crippen LogP contribution < -0.4 is 0 Å². The number of nitrogens with zero attached hydrogens (tertiary/aromatic N) is 4. The number of halogens is 1. The highest BCUT2D eigenvalue weighted by Gasteiger charge is 2.24. The van der Waals surface area contributed by atoms with Crippen LogP contribution in [0.5, 0.6) is 0 Å². The molecule has 0 aromatic heterocycles. The molecule has 1 amide bonds. The van der Waals surface area contributed by atoms with Gasteiger partial charge in [-0.1, -0.05) is 0 Å². The minimum Gasteiger partial charge on any atom is -0.336 e. The van der Waals surface area contributed by atoms with E-state index < -0.39 is 16.4 Å². The minimum atomic E-state index is -1.02. The van der Waals surface area contributed by atoms with Crippen molar-refractivity contribution < 1.29 is 14.1 Å². The first-order chi connectivity index (χ1) is 10.0. The van der Waals surface area contributed by atoms with Crippen molar-refractivity contribution in [3.63, 3.8) is 0 Å². The first kappa shape index (κ1) is 14.9. The molecule has 1 aromatic rings. The molecular weight excluding hydrogens is 279 g/mol. The SMILES string of the molecule is N#CCN1CCN(C(=O)c2ccc([N+](=O)[O-])c(F)c2)CC1. The zero-order valence-electron chi connectivity index (χ0n) is 11.2. The lowest BCUT2D eigenvalue weighted by Crippen LogP contribution is -2.48. The third kappa shape index (κ3) is 3.32. The molecule has 1 aliphatic heterocycles. The normalized spacial score (nSPS) is 15.5. The van der Waals surface area contributed by atoms with Gasteiger partial charge in [0.25, 0.3) is 5.91 Å². The number of amides is 1. The number of hydrogen-bond donors (Lipinski definition) is 0. The number of hydrogen-bond acceptors (Lipinski definition) is 5. The highest BCUT2D eigenvalue weighted by molar-refractivity contribution is 5.94. The quantitative estimate of drug-likeness (QED) is 0.471. The highest BCUT2D eigenvalue weighted by Crippen LogP contribution is 2.19. The molecule has 7 nitrogen and oxygen atoms in total. The third-order valence-electron chi connectivity index (χ3n) is 3.35. The number of benzene rings is 1. The monoisotopic (exact) mass is 292 g/mol. The molecule has 110 valence electrons. The summed E-state index contributed by atoms with van der Waals surface area (Å²) in [6.45, 7) is 2.36. The van der Waals surface area contributed by atoms with Crippen molar-refractivity contribution in [3.8, 4) is 6.07 Å². The van der Waals surface area contributed by atoms with Crippen LogP contribution in [0.3, 0.4) is 0 Å². The van der Waals surface area contributed by atoms with E-state index in [1.54, 1.807) is 4.90 Å². The molecule has 2 rings (SSSR count). The molecule has 0 bridgehead atoms. The predicted molar refractivity (Wildman–Crippen MR) is 71.0 cm³/mol. The lowest BCUT2D eigenvalue weighted by atomic mass is 10.1. The van der Waals surface area contributed by atoms with E-state index in [1.807, 2.05) is 11.0 Å². The van der Waals surface area contributed by atoms with Gasteiger partial charge in [-0.25, -0.2) is 0 Å². The Balaban J connectivity index is 2.06. The van der Waals surface area contributed by atoms with Crippen molar-refractivity contribution >= 4 is 11.6 Å². The van der Waals surface area contributed by atoms with Gasteiger partial charge < -0.3 is 4.90 Å². The Morgan fingerprint density at radius 3 is 2.57 bits per heavy atom. The number of piperazine rings is 1. The molecule has 0 aliphatic carbocycles. The van der Waals surface area contributed by atoms with Gasteiger partial charge in [0.1, 0.15) is 0 Å². The summed E-state index contributed by atoms with van der Waals surface area (Å²) >= 11 is 0. The fraction of sp³-hybridized carbons (Fsp3) is 0.385. The number of nitro benzene ring substituents is 1. The molecule has 0 radical (unpaired) electrons. The Bertz CT molecular complexity index is 606. The van der Waals surface area contributed by atoms with Crippen molar-refractivity contribution in [1.82, 2.24) is 9.80 Å². The van der Waals surface area contributed by atoms with E-state index >= 15 is 0 Å². The van der Waals surface area contributed by atoms with Gasteiger partial charge in [0.2, 0.25) is 5.82 Å². The zero-order chi connectivity index (χ0) is 15.4. The van der Waals surface area contributed by atoms with Gasteiger partial charge in [0.15, 0.2) is 0 Å². The Labute approximate surface area is 120 Å². The molecule has 1 saturated heterocycles. The molecule has 0 unspecified atom stereocenters. The van der Waals surface area contributed by atoms with E-state index in [4.69, 9.17) is 5.26 Å². The number of carbonyl (C=O) groups excluding carboxylic acids is 1. The summed E-state index contributed by atoms with van der Waals surface area (Å²) in [5.74, 6) is -1.38. The molecule has 1 fully saturated rings. The first-order valence-corrected chi connectivity index (χ1v) is 6.35. The van der Waals surface area contributed by atoms with Gasteiger partial charge >= 0.3 is 5.69 Å². The summed E-state index contributed by atoms with van der Waals surface area (Å²) in [6.07, 6.45) is 0. The van der Waals surface area contributed by atoms with Crippen LogP contribution in [-0.4, -0.2) is 53.4 Å². The van der Waals surface area contributed by atoms with Crippen LogP contribution in [0.2, 0.25) is 0 Å². The maximum absolute atomic E-state index is 13.5. The van der Waals surface area contributed by atoms with Gasteiger partial charge in [-0.3, -0.25) is 19.8 Å². The number of nitro groups is 1. The number of carbonyl (C=O) groups is 1. The number of rotatable bonds is 3. The van der Waals surface area contributed by atoms with Crippen LogP contribution in [0.25, 0.3) is 0 Å². The minimum absolute atomic E-state index is 0.0897. The Kier molecular flexibility index (Phi) is 4.45. The Morgan fingerprint density at radius 1 is 1.38 bits per heavy atom. The Morgan fingerprint density at radius 2 is 2.05 bits per heavy atom. The zero-order valence-corrected chi connectivity index (χ0v) is 11.2. The molecule has 1 aliphatic rings. The van der Waals surface area contributed by atoms with E-state index in [1.165, 1.54) is 6.07 Å². The largest absolute Gasteiger partial charge is 0.336 e. The second-order valence-electron chi connectivity index (χ2n) is 4.65. The van der Waals surface area contributed by atoms with Gasteiger partial charge in [-0.2, -0.15) is 9.65 Å². The summed E-state index contributed by atoms with van der Waals surface area (Å²) < 4.78 is 13.5. The van der Waals surface area contributed by atoms with Crippen molar-refractivity contribution in [2.45, 2.75) is 0 Å². The molecule has 8 heteroatoms. The van der Waals surface area contributed by atoms with Crippen LogP contribution in [0.4, 0.5) is 10.1 Å². The summed E-state index contributed by atoms with van der Waals surface area (Å²) in [6, 6.07) is 5.19. The Hall–Kier alpha value is -2.53. The van der Waals surface area contributed by atoms with Crippen LogP contribution >= 0.6 is 0 Å². The second kappa shape index (κ2) is 6.28. The molecular formula is C13H13FN4O3. The second-order valence-corrected chi connectivity index (χ2v) is 4.65. The average molecular weight is 292 g/mol. The van der Waals surface area contributed by atoms with Crippen LogP contribution in [0, 0.1) is 27.3 Å². The van der Waals surface area contributed by atoms with E-state index in [2.05, 4.69) is 0 Å². The summed E-state index contributed by atoms with van der Waals surface area (Å²) in [5.41, 5.74) is -0.558. The van der Waals surface area contributed by atoms with Crippen molar-refractivity contribution in [1.29, 1.82) is 5.26 Å². The molecule has 0 atom stereocenters. The summed E-state index contributed by atoms with van der Waals surface area (Å²) in [7, 11) is 0. The van der Waals surface area contributed by atoms with E-state index in [9.17, 15) is 19.3 Å². The lowest BCUT2D eigenvalue weighted by Gasteiger charge is -2.33. The van der Waals surface area contributed by atoms with Gasteiger partial charge in [0.05, 0.1) is 17.5 Å². The molecule has 1 aromatic carbocycles. The fourth-order valence-corrected chi connectivity index (χ4v) is 2.18. The maximum Gasteiger partial charge on any atom is 0.304 e. The molecule has 21 heavy (non-hydrogen) atoms. The summed E-state index contributed by atoms with van der Waals surface area (Å²) in [4.78, 5) is 25.4. The van der Waals surface area contributed by atoms with Gasteiger partial charge in [0, 0.05) is 37.8 Å². The van der Waals surface area contributed by atoms with Crippen molar-refractivity contribution in [2.75, 3.05) is 32.7 Å². The molecule has 0 saturated carbocycles. The van der Waals surface area contributed by atoms with Crippen molar-refractivity contribution in [3.05, 3.63) is 39.7 Å². The van der Waals surface area contributed by atoms with E-state index in [0.29, 0.717) is 32.7 Å². The van der Waals surface area contributed by atoms with Crippen LogP contribution in [0.15, 0.2) is 18.2 Å². The smallest absolute Gasteiger partial charge is 0.304 e. The fourth-order valence-electron chi connectivity index (χ4n) is 2.18. The molecule has 1 heterocycles. The van der Waals surface area contributed by atoms with Crippen LogP contribution in [0.1, 0.15) is 10.4 Å². The van der Waals surface area contributed by atoms with Gasteiger partial charge in [-0.15, -0.1) is 0 Å². The third-order valence-corrected chi connectivity index (χ3v) is 3.35. The van der Waals surface area contributed by atoms with Crippen molar-refractivity contribution in [2.24, 2.45) is 0 Å². The predicted octanol–water partition coefficient (Wildman–Crippen LogP) is 1.02. The van der Waals surface area contributed by atoms with Gasteiger partial charge in [-0.05, 0) is 12.1 Å². The van der Waals surface area contributed by atoms with E-state index in [-0.39, 0.29) is 11.5 Å². The highest BCUT2D eigenvalue weighted by atomic mass is 19.1. The lowest BCUT2D eigenvalue weighted by molar-refractivity contribution is -0.387. The standard InChI is InChI=1S/C13H13FN4O3/c14-11-9-10(1-2-12(11)18(20)21)13(19)17-7-5-16(4-3-15)6-8-17/h1-2,9H,4-8H2. The topological polar surface area (TPSA) is 90.5 Å². The van der Waals surface area contributed by atoms with Crippen LogP contribution in [-0.2, 0) is 0 Å². The molecule has 0 spiro atoms. The summed E-state index contributed by atoms with van der Waals surface area (Å²) in [5, 5.41) is 19.1. The molecule has 0 N–H and O–H groups in total.